The standard InChI is InChI=1S/C11H7Cl3N2/c12-7-3-1-4-8(11(7)14)15-10-6-2-5-9(13)16-10/h1-6H,(H,15,16). The molecule has 2 nitrogen and oxygen atoms in total. The lowest BCUT2D eigenvalue weighted by molar-refractivity contribution is 1.31. The van der Waals surface area contributed by atoms with Gasteiger partial charge in [-0.2, -0.15) is 0 Å². The summed E-state index contributed by atoms with van der Waals surface area (Å²) < 4.78 is 0. The first-order valence-electron chi connectivity index (χ1n) is 4.50. The van der Waals surface area contributed by atoms with Crippen molar-refractivity contribution in [3.05, 3.63) is 51.6 Å². The Morgan fingerprint density at radius 1 is 0.938 bits per heavy atom. The van der Waals surface area contributed by atoms with Crippen LogP contribution in [0.1, 0.15) is 0 Å². The van der Waals surface area contributed by atoms with Crippen LogP contribution in [0.5, 0.6) is 0 Å². The summed E-state index contributed by atoms with van der Waals surface area (Å²) in [4.78, 5) is 4.09. The normalized spacial score (nSPS) is 10.2. The van der Waals surface area contributed by atoms with E-state index in [-0.39, 0.29) is 0 Å². The summed E-state index contributed by atoms with van der Waals surface area (Å²) in [5, 5.41) is 4.42. The van der Waals surface area contributed by atoms with Crippen molar-refractivity contribution in [3.63, 3.8) is 0 Å². The maximum absolute atomic E-state index is 6.03. The minimum Gasteiger partial charge on any atom is -0.339 e. The zero-order valence-corrected chi connectivity index (χ0v) is 10.3. The van der Waals surface area contributed by atoms with Gasteiger partial charge < -0.3 is 5.32 Å². The topological polar surface area (TPSA) is 24.9 Å². The first kappa shape index (κ1) is 11.5. The second-order valence-corrected chi connectivity index (χ2v) is 4.24. The van der Waals surface area contributed by atoms with Gasteiger partial charge in [0.15, 0.2) is 0 Å². The Bertz CT molecular complexity index is 514. The third-order valence-electron chi connectivity index (χ3n) is 1.93. The molecular weight excluding hydrogens is 266 g/mol. The van der Waals surface area contributed by atoms with Crippen LogP contribution in [0, 0.1) is 0 Å². The van der Waals surface area contributed by atoms with E-state index in [1.165, 1.54) is 0 Å². The minimum atomic E-state index is 0.420. The molecule has 1 heterocycles. The second-order valence-electron chi connectivity index (χ2n) is 3.07. The van der Waals surface area contributed by atoms with E-state index in [9.17, 15) is 0 Å². The highest BCUT2D eigenvalue weighted by Gasteiger charge is 2.04. The number of benzene rings is 1. The molecule has 0 aliphatic rings. The molecule has 0 bridgehead atoms. The minimum absolute atomic E-state index is 0.420. The monoisotopic (exact) mass is 272 g/mol. The first-order valence-corrected chi connectivity index (χ1v) is 5.64. The predicted octanol–water partition coefficient (Wildman–Crippen LogP) is 4.79. The Hall–Kier alpha value is -0.960. The second kappa shape index (κ2) is 4.91. The SMILES string of the molecule is Clc1cccc(Nc2cccc(Cl)c2Cl)n1. The molecule has 0 radical (unpaired) electrons. The molecule has 0 aliphatic heterocycles. The Morgan fingerprint density at radius 2 is 1.69 bits per heavy atom. The summed E-state index contributed by atoms with van der Waals surface area (Å²) in [5.41, 5.74) is 0.698. The van der Waals surface area contributed by atoms with Crippen LogP contribution in [-0.2, 0) is 0 Å². The van der Waals surface area contributed by atoms with Crippen molar-refractivity contribution in [2.75, 3.05) is 5.32 Å². The maximum atomic E-state index is 6.03. The fraction of sp³-hybridized carbons (Fsp3) is 0. The molecule has 0 amide bonds. The van der Waals surface area contributed by atoms with E-state index in [0.717, 1.165) is 0 Å². The van der Waals surface area contributed by atoms with Crippen LogP contribution in [0.3, 0.4) is 0 Å². The largest absolute Gasteiger partial charge is 0.339 e. The zero-order valence-electron chi connectivity index (χ0n) is 8.05. The molecule has 1 aromatic heterocycles. The summed E-state index contributed by atoms with van der Waals surface area (Å²) in [7, 11) is 0. The Labute approximate surface area is 108 Å². The molecule has 0 aliphatic carbocycles. The van der Waals surface area contributed by atoms with Gasteiger partial charge >= 0.3 is 0 Å². The van der Waals surface area contributed by atoms with E-state index in [0.29, 0.717) is 26.7 Å². The first-order chi connectivity index (χ1) is 7.66. The molecule has 16 heavy (non-hydrogen) atoms. The molecule has 0 saturated carbocycles. The number of anilines is 2. The van der Waals surface area contributed by atoms with Crippen molar-refractivity contribution in [2.24, 2.45) is 0 Å². The summed E-state index contributed by atoms with van der Waals surface area (Å²) >= 11 is 17.7. The maximum Gasteiger partial charge on any atom is 0.132 e. The highest BCUT2D eigenvalue weighted by atomic mass is 35.5. The van der Waals surface area contributed by atoms with Crippen LogP contribution >= 0.6 is 34.8 Å². The molecule has 0 spiro atoms. The number of nitrogens with one attached hydrogen (secondary N) is 1. The van der Waals surface area contributed by atoms with E-state index < -0.39 is 0 Å². The Morgan fingerprint density at radius 3 is 2.44 bits per heavy atom. The molecule has 2 aromatic rings. The van der Waals surface area contributed by atoms with Crippen molar-refractivity contribution in [3.8, 4) is 0 Å². The van der Waals surface area contributed by atoms with Gasteiger partial charge in [-0.3, -0.25) is 0 Å². The Balaban J connectivity index is 2.31. The smallest absolute Gasteiger partial charge is 0.132 e. The highest BCUT2D eigenvalue weighted by molar-refractivity contribution is 6.43. The highest BCUT2D eigenvalue weighted by Crippen LogP contribution is 2.31. The lowest BCUT2D eigenvalue weighted by Gasteiger charge is -2.08. The lowest BCUT2D eigenvalue weighted by Crippen LogP contribution is -1.94. The molecule has 1 N–H and O–H groups in total. The summed E-state index contributed by atoms with van der Waals surface area (Å²) in [5.74, 6) is 0.622. The van der Waals surface area contributed by atoms with Crippen LogP contribution in [-0.4, -0.2) is 4.98 Å². The van der Waals surface area contributed by atoms with E-state index >= 15 is 0 Å². The molecule has 0 saturated heterocycles. The average Bonchev–Trinajstić information content (AvgIpc) is 2.25. The van der Waals surface area contributed by atoms with Gasteiger partial charge in [0.2, 0.25) is 0 Å². The number of hydrogen-bond donors (Lipinski definition) is 1. The zero-order chi connectivity index (χ0) is 11.5. The molecule has 0 unspecified atom stereocenters. The predicted molar refractivity (Wildman–Crippen MR) is 69.0 cm³/mol. The lowest BCUT2D eigenvalue weighted by atomic mass is 10.3. The van der Waals surface area contributed by atoms with Crippen LogP contribution in [0.2, 0.25) is 15.2 Å². The number of halogens is 3. The number of aromatic nitrogens is 1. The molecule has 5 heteroatoms. The third-order valence-corrected chi connectivity index (χ3v) is 2.96. The van der Waals surface area contributed by atoms with Crippen LogP contribution in [0.15, 0.2) is 36.4 Å². The third kappa shape index (κ3) is 2.59. The number of nitrogens with zero attached hydrogens (tertiary/aromatic N) is 1. The molecule has 82 valence electrons. The fourth-order valence-electron chi connectivity index (χ4n) is 1.22. The van der Waals surface area contributed by atoms with Crippen molar-refractivity contribution < 1.29 is 0 Å². The van der Waals surface area contributed by atoms with Gasteiger partial charge in [-0.15, -0.1) is 0 Å². The average molecular weight is 274 g/mol. The van der Waals surface area contributed by atoms with E-state index in [1.54, 1.807) is 30.3 Å². The van der Waals surface area contributed by atoms with Crippen molar-refractivity contribution in [1.82, 2.24) is 4.98 Å². The number of pyridine rings is 1. The van der Waals surface area contributed by atoms with Gasteiger partial charge in [-0.1, -0.05) is 46.9 Å². The van der Waals surface area contributed by atoms with Crippen molar-refractivity contribution in [2.45, 2.75) is 0 Å². The van der Waals surface area contributed by atoms with E-state index in [2.05, 4.69) is 10.3 Å². The Kier molecular flexibility index (Phi) is 3.54. The molecule has 0 atom stereocenters. The van der Waals surface area contributed by atoms with Gasteiger partial charge in [0.05, 0.1) is 15.7 Å². The molecule has 0 fully saturated rings. The van der Waals surface area contributed by atoms with Gasteiger partial charge in [-0.05, 0) is 24.3 Å². The number of rotatable bonds is 2. The van der Waals surface area contributed by atoms with Crippen LogP contribution in [0.4, 0.5) is 11.5 Å². The van der Waals surface area contributed by atoms with Crippen molar-refractivity contribution in [1.29, 1.82) is 0 Å². The van der Waals surface area contributed by atoms with E-state index in [1.807, 2.05) is 6.07 Å². The van der Waals surface area contributed by atoms with Crippen molar-refractivity contribution >= 4 is 46.3 Å². The van der Waals surface area contributed by atoms with Gasteiger partial charge in [0.25, 0.3) is 0 Å². The summed E-state index contributed by atoms with van der Waals surface area (Å²) in [6, 6.07) is 10.6. The quantitative estimate of drug-likeness (QED) is 0.796. The van der Waals surface area contributed by atoms with E-state index in [4.69, 9.17) is 34.8 Å². The molecule has 2 rings (SSSR count). The summed E-state index contributed by atoms with van der Waals surface area (Å²) in [6.45, 7) is 0. The van der Waals surface area contributed by atoms with Crippen LogP contribution in [0.25, 0.3) is 0 Å². The summed E-state index contributed by atoms with van der Waals surface area (Å²) in [6.07, 6.45) is 0. The van der Waals surface area contributed by atoms with Gasteiger partial charge in [-0.25, -0.2) is 4.98 Å². The number of hydrogen-bond acceptors (Lipinski definition) is 2. The molecular formula is C11H7Cl3N2. The van der Waals surface area contributed by atoms with Gasteiger partial charge in [0, 0.05) is 0 Å². The fourth-order valence-corrected chi connectivity index (χ4v) is 1.73. The van der Waals surface area contributed by atoms with Gasteiger partial charge in [0.1, 0.15) is 11.0 Å². The van der Waals surface area contributed by atoms with Crippen LogP contribution < -0.4 is 5.32 Å². The molecule has 1 aromatic carbocycles.